The van der Waals surface area contributed by atoms with Crippen molar-refractivity contribution in [3.63, 3.8) is 0 Å². The lowest BCUT2D eigenvalue weighted by atomic mass is 9.75. The van der Waals surface area contributed by atoms with Crippen LogP contribution in [0, 0.1) is 5.41 Å². The van der Waals surface area contributed by atoms with Crippen LogP contribution in [0.4, 0.5) is 0 Å². The van der Waals surface area contributed by atoms with Crippen molar-refractivity contribution >= 4 is 0 Å². The number of nitrogens with zero attached hydrogens (tertiary/aromatic N) is 1. The third kappa shape index (κ3) is 4.94. The van der Waals surface area contributed by atoms with Gasteiger partial charge >= 0.3 is 0 Å². The van der Waals surface area contributed by atoms with E-state index < -0.39 is 5.60 Å². The zero-order chi connectivity index (χ0) is 13.1. The molecule has 1 aliphatic carbocycles. The predicted molar refractivity (Wildman–Crippen MR) is 73.0 cm³/mol. The summed E-state index contributed by atoms with van der Waals surface area (Å²) in [4.78, 5) is 2.40. The van der Waals surface area contributed by atoms with Crippen LogP contribution in [0.2, 0.25) is 0 Å². The van der Waals surface area contributed by atoms with Gasteiger partial charge in [0, 0.05) is 19.1 Å². The molecule has 0 aromatic heterocycles. The van der Waals surface area contributed by atoms with Crippen molar-refractivity contribution in [1.82, 2.24) is 4.90 Å². The molecule has 3 N–H and O–H groups in total. The van der Waals surface area contributed by atoms with Crippen LogP contribution in [0.25, 0.3) is 0 Å². The number of rotatable bonds is 5. The first-order chi connectivity index (χ1) is 7.76. The second kappa shape index (κ2) is 5.68. The lowest BCUT2D eigenvalue weighted by Crippen LogP contribution is -2.42. The molecular weight excluding hydrogens is 212 g/mol. The molecule has 102 valence electrons. The Morgan fingerprint density at radius 1 is 1.35 bits per heavy atom. The highest BCUT2D eigenvalue weighted by atomic mass is 16.3. The average Bonchev–Trinajstić information content (AvgIpc) is 2.26. The van der Waals surface area contributed by atoms with E-state index in [4.69, 9.17) is 5.73 Å². The molecule has 0 bridgehead atoms. The van der Waals surface area contributed by atoms with Gasteiger partial charge in [-0.1, -0.05) is 13.8 Å². The lowest BCUT2D eigenvalue weighted by molar-refractivity contribution is 0.0391. The van der Waals surface area contributed by atoms with Gasteiger partial charge in [0.15, 0.2) is 0 Å². The Morgan fingerprint density at radius 3 is 2.35 bits per heavy atom. The van der Waals surface area contributed by atoms with Gasteiger partial charge in [0.05, 0.1) is 5.60 Å². The molecule has 0 aromatic carbocycles. The van der Waals surface area contributed by atoms with Crippen molar-refractivity contribution in [3.05, 3.63) is 0 Å². The van der Waals surface area contributed by atoms with Gasteiger partial charge in [0.2, 0.25) is 0 Å². The van der Waals surface area contributed by atoms with Crippen LogP contribution in [0.15, 0.2) is 0 Å². The van der Waals surface area contributed by atoms with E-state index in [-0.39, 0.29) is 0 Å². The Hall–Kier alpha value is -0.120. The van der Waals surface area contributed by atoms with Crippen molar-refractivity contribution in [2.45, 2.75) is 64.5 Å². The van der Waals surface area contributed by atoms with Crippen molar-refractivity contribution in [3.8, 4) is 0 Å². The highest BCUT2D eigenvalue weighted by Gasteiger charge is 2.29. The number of hydrogen-bond donors (Lipinski definition) is 2. The molecule has 1 fully saturated rings. The molecule has 0 amide bonds. The van der Waals surface area contributed by atoms with Gasteiger partial charge < -0.3 is 15.7 Å². The summed E-state index contributed by atoms with van der Waals surface area (Å²) in [5, 5.41) is 9.90. The summed E-state index contributed by atoms with van der Waals surface area (Å²) in [5.41, 5.74) is 5.36. The molecular formula is C14H30N2O. The van der Waals surface area contributed by atoms with Crippen LogP contribution in [-0.2, 0) is 0 Å². The van der Waals surface area contributed by atoms with Crippen molar-refractivity contribution in [2.75, 3.05) is 20.1 Å². The monoisotopic (exact) mass is 242 g/mol. The minimum absolute atomic E-state index is 0.346. The number of aliphatic hydroxyl groups is 1. The van der Waals surface area contributed by atoms with E-state index in [0.29, 0.717) is 18.0 Å². The van der Waals surface area contributed by atoms with Crippen molar-refractivity contribution < 1.29 is 5.11 Å². The average molecular weight is 242 g/mol. The van der Waals surface area contributed by atoms with Crippen molar-refractivity contribution in [1.29, 1.82) is 0 Å². The van der Waals surface area contributed by atoms with Crippen LogP contribution in [0.5, 0.6) is 0 Å². The maximum atomic E-state index is 9.90. The quantitative estimate of drug-likeness (QED) is 0.775. The Morgan fingerprint density at radius 2 is 1.88 bits per heavy atom. The van der Waals surface area contributed by atoms with E-state index in [1.54, 1.807) is 0 Å². The molecule has 0 aliphatic heterocycles. The summed E-state index contributed by atoms with van der Waals surface area (Å²) in [7, 11) is 2.18. The number of nitrogens with two attached hydrogens (primary N) is 1. The molecule has 0 spiro atoms. The molecule has 17 heavy (non-hydrogen) atoms. The zero-order valence-electron chi connectivity index (χ0n) is 12.0. The van der Waals surface area contributed by atoms with Gasteiger partial charge in [-0.2, -0.15) is 0 Å². The van der Waals surface area contributed by atoms with E-state index in [1.165, 1.54) is 25.7 Å². The summed E-state index contributed by atoms with van der Waals surface area (Å²) in [6.07, 6.45) is 5.97. The van der Waals surface area contributed by atoms with Crippen LogP contribution in [0.3, 0.4) is 0 Å². The Bertz CT molecular complexity index is 228. The molecule has 0 radical (unpaired) electrons. The fourth-order valence-corrected chi connectivity index (χ4v) is 2.53. The smallest absolute Gasteiger partial charge is 0.0753 e. The highest BCUT2D eigenvalue weighted by molar-refractivity contribution is 4.84. The molecule has 1 aliphatic rings. The van der Waals surface area contributed by atoms with E-state index in [0.717, 1.165) is 13.0 Å². The maximum absolute atomic E-state index is 9.90. The van der Waals surface area contributed by atoms with E-state index in [1.807, 2.05) is 6.92 Å². The summed E-state index contributed by atoms with van der Waals surface area (Å²) < 4.78 is 0. The number of hydrogen-bond acceptors (Lipinski definition) is 3. The first kappa shape index (κ1) is 14.9. The van der Waals surface area contributed by atoms with Crippen LogP contribution in [-0.4, -0.2) is 41.8 Å². The topological polar surface area (TPSA) is 49.5 Å². The van der Waals surface area contributed by atoms with Gasteiger partial charge in [0.1, 0.15) is 0 Å². The van der Waals surface area contributed by atoms with Crippen molar-refractivity contribution in [2.24, 2.45) is 11.1 Å². The van der Waals surface area contributed by atoms with Crippen LogP contribution < -0.4 is 5.73 Å². The Labute approximate surface area is 106 Å². The highest BCUT2D eigenvalue weighted by Crippen LogP contribution is 2.36. The molecule has 1 saturated carbocycles. The molecule has 3 nitrogen and oxygen atoms in total. The summed E-state index contributed by atoms with van der Waals surface area (Å²) in [6.45, 7) is 7.84. The molecule has 1 rings (SSSR count). The third-order valence-electron chi connectivity index (χ3n) is 4.37. The fraction of sp³-hybridized carbons (Fsp3) is 1.00. The standard InChI is InChI=1S/C14H30N2O/c1-13(2)7-5-12(6-8-13)16(4)10-9-14(3,17)11-15/h12,17H,5-11,15H2,1-4H3. The normalized spacial score (nSPS) is 24.9. The van der Waals surface area contributed by atoms with E-state index >= 15 is 0 Å². The van der Waals surface area contributed by atoms with Gasteiger partial charge in [-0.25, -0.2) is 0 Å². The SMILES string of the molecule is CN(CCC(C)(O)CN)C1CCC(C)(C)CC1. The Kier molecular flexibility index (Phi) is 4.99. The van der Waals surface area contributed by atoms with Crippen LogP contribution >= 0.6 is 0 Å². The lowest BCUT2D eigenvalue weighted by Gasteiger charge is -2.39. The molecule has 1 atom stereocenters. The summed E-state index contributed by atoms with van der Waals surface area (Å²) in [6, 6.07) is 0.691. The van der Waals surface area contributed by atoms with Crippen LogP contribution in [0.1, 0.15) is 52.9 Å². The maximum Gasteiger partial charge on any atom is 0.0753 e. The Balaban J connectivity index is 2.32. The minimum atomic E-state index is -0.706. The zero-order valence-corrected chi connectivity index (χ0v) is 12.0. The molecule has 0 saturated heterocycles. The van der Waals surface area contributed by atoms with Gasteiger partial charge in [-0.05, 0) is 51.5 Å². The first-order valence-electron chi connectivity index (χ1n) is 6.88. The van der Waals surface area contributed by atoms with Gasteiger partial charge in [0.25, 0.3) is 0 Å². The molecule has 0 aromatic rings. The predicted octanol–water partition coefficient (Wildman–Crippen LogP) is 1.99. The summed E-state index contributed by atoms with van der Waals surface area (Å²) in [5.74, 6) is 0. The van der Waals surface area contributed by atoms with E-state index in [9.17, 15) is 5.11 Å². The van der Waals surface area contributed by atoms with Gasteiger partial charge in [-0.3, -0.25) is 0 Å². The van der Waals surface area contributed by atoms with E-state index in [2.05, 4.69) is 25.8 Å². The molecule has 0 heterocycles. The third-order valence-corrected chi connectivity index (χ3v) is 4.37. The molecule has 3 heteroatoms. The molecule has 1 unspecified atom stereocenters. The summed E-state index contributed by atoms with van der Waals surface area (Å²) >= 11 is 0. The fourth-order valence-electron chi connectivity index (χ4n) is 2.53. The second-order valence-electron chi connectivity index (χ2n) is 6.83. The van der Waals surface area contributed by atoms with Gasteiger partial charge in [-0.15, -0.1) is 0 Å². The second-order valence-corrected chi connectivity index (χ2v) is 6.83. The minimum Gasteiger partial charge on any atom is -0.389 e. The first-order valence-corrected chi connectivity index (χ1v) is 6.88. The largest absolute Gasteiger partial charge is 0.389 e.